The van der Waals surface area contributed by atoms with Crippen LogP contribution in [0.5, 0.6) is 5.75 Å². The number of hydrogen-bond donors (Lipinski definition) is 2. The van der Waals surface area contributed by atoms with Crippen LogP contribution >= 0.6 is 0 Å². The second kappa shape index (κ2) is 6.42. The van der Waals surface area contributed by atoms with Gasteiger partial charge < -0.3 is 9.84 Å². The van der Waals surface area contributed by atoms with Crippen molar-refractivity contribution in [2.24, 2.45) is 5.92 Å². The number of nitrogens with one attached hydrogen (secondary N) is 1. The van der Waals surface area contributed by atoms with Gasteiger partial charge in [-0.25, -0.2) is 8.60 Å². The Balaban J connectivity index is 1.39. The van der Waals surface area contributed by atoms with Crippen molar-refractivity contribution in [1.29, 1.82) is 0 Å². The summed E-state index contributed by atoms with van der Waals surface area (Å²) < 4.78 is 36.5. The number of benzene rings is 1. The van der Waals surface area contributed by atoms with E-state index in [1.165, 1.54) is 0 Å². The Morgan fingerprint density at radius 1 is 1.37 bits per heavy atom. The molecule has 4 aliphatic heterocycles. The van der Waals surface area contributed by atoms with Gasteiger partial charge in [-0.2, -0.15) is 0 Å². The molecule has 9 heteroatoms. The Morgan fingerprint density at radius 2 is 2.22 bits per heavy atom. The third-order valence-corrected chi connectivity index (χ3v) is 7.27. The number of carbonyl (C=O) groups excluding carboxylic acids is 1. The molecule has 4 aliphatic rings. The summed E-state index contributed by atoms with van der Waals surface area (Å²) in [5, 5.41) is 10.3. The van der Waals surface area contributed by atoms with Crippen molar-refractivity contribution < 1.29 is 23.2 Å². The quantitative estimate of drug-likeness (QED) is 0.797. The largest absolute Gasteiger partial charge is 0.506 e. The fourth-order valence-electron chi connectivity index (χ4n) is 4.89. The van der Waals surface area contributed by atoms with E-state index in [9.17, 15) is 14.1 Å². The van der Waals surface area contributed by atoms with Crippen molar-refractivity contribution in [3.63, 3.8) is 0 Å². The standard InChI is InChI=1S/C18H22FN3O4S/c19-17-13-8-21(7-11-5-12-1-2-15(11)26-12)4-3-10(13)6-14(23)18(17)22-9-16(24)20-27(22)25/h6,11-12,15,23H,1-5,7-9H2,(H,20,24). The Hall–Kier alpha value is -1.71. The summed E-state index contributed by atoms with van der Waals surface area (Å²) in [6.45, 7) is 1.91. The number of phenols is 1. The van der Waals surface area contributed by atoms with Crippen LogP contribution in [0.15, 0.2) is 6.07 Å². The molecule has 0 aliphatic carbocycles. The highest BCUT2D eigenvalue weighted by Gasteiger charge is 2.42. The number of amides is 1. The van der Waals surface area contributed by atoms with Crippen LogP contribution in [0.2, 0.25) is 0 Å². The average molecular weight is 395 g/mol. The van der Waals surface area contributed by atoms with E-state index in [0.29, 0.717) is 36.7 Å². The predicted molar refractivity (Wildman–Crippen MR) is 96.7 cm³/mol. The van der Waals surface area contributed by atoms with Crippen molar-refractivity contribution in [3.8, 4) is 5.75 Å². The number of halogens is 1. The molecule has 1 amide bonds. The summed E-state index contributed by atoms with van der Waals surface area (Å²) in [6.07, 6.45) is 4.74. The van der Waals surface area contributed by atoms with Gasteiger partial charge in [-0.1, -0.05) is 0 Å². The third-order valence-electron chi connectivity index (χ3n) is 6.16. The van der Waals surface area contributed by atoms with E-state index in [1.54, 1.807) is 6.07 Å². The van der Waals surface area contributed by atoms with E-state index < -0.39 is 22.9 Å². The molecule has 4 heterocycles. The molecule has 7 nitrogen and oxygen atoms in total. The monoisotopic (exact) mass is 395 g/mol. The zero-order valence-corrected chi connectivity index (χ0v) is 15.6. The molecule has 1 aromatic carbocycles. The number of nitrogens with zero attached hydrogens (tertiary/aromatic N) is 2. The highest BCUT2D eigenvalue weighted by atomic mass is 32.2. The van der Waals surface area contributed by atoms with Crippen LogP contribution in [-0.4, -0.2) is 52.0 Å². The lowest BCUT2D eigenvalue weighted by Crippen LogP contribution is -2.38. The number of aromatic hydroxyl groups is 1. The third kappa shape index (κ3) is 2.92. The average Bonchev–Trinajstić information content (AvgIpc) is 3.32. The second-order valence-electron chi connectivity index (χ2n) is 7.86. The number of anilines is 1. The van der Waals surface area contributed by atoms with Crippen molar-refractivity contribution in [2.75, 3.05) is 23.9 Å². The fraction of sp³-hybridized carbons (Fsp3) is 0.611. The summed E-state index contributed by atoms with van der Waals surface area (Å²) in [6, 6.07) is 1.55. The molecule has 3 fully saturated rings. The van der Waals surface area contributed by atoms with Crippen LogP contribution in [0.1, 0.15) is 30.4 Å². The first-order chi connectivity index (χ1) is 13.0. The van der Waals surface area contributed by atoms with Crippen LogP contribution in [0, 0.1) is 11.7 Å². The molecule has 2 N–H and O–H groups in total. The van der Waals surface area contributed by atoms with Crippen LogP contribution in [0.25, 0.3) is 0 Å². The van der Waals surface area contributed by atoms with E-state index >= 15 is 4.39 Å². The van der Waals surface area contributed by atoms with Gasteiger partial charge in [-0.15, -0.1) is 0 Å². The number of fused-ring (bicyclic) bond motifs is 3. The van der Waals surface area contributed by atoms with E-state index in [1.807, 2.05) is 0 Å². The van der Waals surface area contributed by atoms with Crippen molar-refractivity contribution >= 4 is 22.8 Å². The minimum Gasteiger partial charge on any atom is -0.506 e. The highest BCUT2D eigenvalue weighted by Crippen LogP contribution is 2.41. The molecule has 3 saturated heterocycles. The SMILES string of the molecule is O=C1CN(c2c(O)cc3c(c2F)CN(CC2CC4CCC2O4)CC3)S(=O)N1. The first-order valence-corrected chi connectivity index (χ1v) is 10.5. The molecule has 2 bridgehead atoms. The summed E-state index contributed by atoms with van der Waals surface area (Å²) in [5.74, 6) is -0.810. The topological polar surface area (TPSA) is 82.1 Å². The molecular formula is C18H22FN3O4S. The zero-order chi connectivity index (χ0) is 18.7. The van der Waals surface area contributed by atoms with Gasteiger partial charge in [-0.3, -0.25) is 18.7 Å². The molecule has 4 unspecified atom stereocenters. The van der Waals surface area contributed by atoms with Gasteiger partial charge in [0, 0.05) is 31.1 Å². The normalized spacial score (nSPS) is 32.8. The molecule has 4 atom stereocenters. The number of rotatable bonds is 3. The maximum Gasteiger partial charge on any atom is 0.253 e. The van der Waals surface area contributed by atoms with Gasteiger partial charge in [-0.05, 0) is 37.3 Å². The lowest BCUT2D eigenvalue weighted by molar-refractivity contribution is -0.117. The molecule has 1 aromatic rings. The van der Waals surface area contributed by atoms with E-state index in [-0.39, 0.29) is 18.0 Å². The minimum absolute atomic E-state index is 0.157. The van der Waals surface area contributed by atoms with Crippen LogP contribution in [0.4, 0.5) is 10.1 Å². The Labute approximate surface area is 159 Å². The lowest BCUT2D eigenvalue weighted by atomic mass is 9.88. The Morgan fingerprint density at radius 3 is 2.89 bits per heavy atom. The number of hydrogen-bond acceptors (Lipinski definition) is 5. The Kier molecular flexibility index (Phi) is 4.14. The van der Waals surface area contributed by atoms with E-state index in [2.05, 4.69) is 9.62 Å². The molecule has 0 aromatic heterocycles. The van der Waals surface area contributed by atoms with E-state index in [4.69, 9.17) is 4.74 Å². The molecular weight excluding hydrogens is 373 g/mol. The summed E-state index contributed by atoms with van der Waals surface area (Å²) in [5.41, 5.74) is 1.14. The van der Waals surface area contributed by atoms with Gasteiger partial charge in [0.1, 0.15) is 18.0 Å². The van der Waals surface area contributed by atoms with E-state index in [0.717, 1.165) is 42.2 Å². The number of phenolic OH excluding ortho intramolecular Hbond substituents is 1. The summed E-state index contributed by atoms with van der Waals surface area (Å²) >= 11 is -1.87. The lowest BCUT2D eigenvalue weighted by Gasteiger charge is -2.33. The molecule has 0 spiro atoms. The Bertz CT molecular complexity index is 835. The minimum atomic E-state index is -1.87. The maximum atomic E-state index is 15.3. The second-order valence-corrected chi connectivity index (χ2v) is 9.00. The summed E-state index contributed by atoms with van der Waals surface area (Å²) in [4.78, 5) is 13.7. The number of ether oxygens (including phenoxy) is 1. The van der Waals surface area contributed by atoms with Crippen molar-refractivity contribution in [2.45, 2.75) is 44.4 Å². The molecule has 0 radical (unpaired) electrons. The van der Waals surface area contributed by atoms with Crippen LogP contribution < -0.4 is 9.03 Å². The van der Waals surface area contributed by atoms with Gasteiger partial charge in [0.05, 0.1) is 12.2 Å². The number of carbonyl (C=O) groups is 1. The highest BCUT2D eigenvalue weighted by molar-refractivity contribution is 7.85. The zero-order valence-electron chi connectivity index (χ0n) is 14.8. The maximum absolute atomic E-state index is 15.3. The van der Waals surface area contributed by atoms with Crippen LogP contribution in [-0.2, 0) is 33.7 Å². The van der Waals surface area contributed by atoms with Gasteiger partial charge in [0.15, 0.2) is 5.82 Å². The van der Waals surface area contributed by atoms with Crippen molar-refractivity contribution in [3.05, 3.63) is 23.0 Å². The van der Waals surface area contributed by atoms with Crippen LogP contribution in [0.3, 0.4) is 0 Å². The summed E-state index contributed by atoms with van der Waals surface area (Å²) in [7, 11) is 0. The van der Waals surface area contributed by atoms with Gasteiger partial charge in [0.25, 0.3) is 5.91 Å². The first-order valence-electron chi connectivity index (χ1n) is 9.39. The smallest absolute Gasteiger partial charge is 0.253 e. The van der Waals surface area contributed by atoms with Crippen molar-refractivity contribution in [1.82, 2.24) is 9.62 Å². The molecule has 5 rings (SSSR count). The molecule has 0 saturated carbocycles. The van der Waals surface area contributed by atoms with Gasteiger partial charge >= 0.3 is 0 Å². The van der Waals surface area contributed by atoms with Gasteiger partial charge in [0.2, 0.25) is 11.2 Å². The predicted octanol–water partition coefficient (Wildman–Crippen LogP) is 0.972. The first kappa shape index (κ1) is 17.4. The molecule has 146 valence electrons. The fourth-order valence-corrected chi connectivity index (χ4v) is 5.83. The molecule has 27 heavy (non-hydrogen) atoms.